The van der Waals surface area contributed by atoms with E-state index in [9.17, 15) is 14.4 Å². The Labute approximate surface area is 138 Å². The van der Waals surface area contributed by atoms with E-state index in [4.69, 9.17) is 9.47 Å². The molecule has 0 atom stereocenters. The monoisotopic (exact) mass is 340 g/mol. The van der Waals surface area contributed by atoms with Crippen LogP contribution in [0.3, 0.4) is 0 Å². The largest absolute Gasteiger partial charge is 0.465 e. The minimum atomic E-state index is -0.564. The molecule has 1 aromatic heterocycles. The summed E-state index contributed by atoms with van der Waals surface area (Å²) in [6.45, 7) is 5.44. The van der Waals surface area contributed by atoms with Crippen LogP contribution in [0.5, 0.6) is 0 Å². The molecule has 8 heteroatoms. The summed E-state index contributed by atoms with van der Waals surface area (Å²) in [6.07, 6.45) is 0.282. The second-order valence-corrected chi connectivity index (χ2v) is 6.08. The molecule has 2 rings (SSSR count). The SMILES string of the molecule is CCC(=O)Nc1sc(C(=O)N2CCOCC2)c(C)c1C(=O)OC. The first-order valence-electron chi connectivity index (χ1n) is 7.38. The van der Waals surface area contributed by atoms with Gasteiger partial charge in [-0.05, 0) is 12.5 Å². The third kappa shape index (κ3) is 3.70. The van der Waals surface area contributed by atoms with E-state index < -0.39 is 5.97 Å². The van der Waals surface area contributed by atoms with Crippen molar-refractivity contribution in [2.45, 2.75) is 20.3 Å². The van der Waals surface area contributed by atoms with Gasteiger partial charge in [-0.1, -0.05) is 6.92 Å². The van der Waals surface area contributed by atoms with Gasteiger partial charge in [0.1, 0.15) is 5.00 Å². The number of nitrogens with zero attached hydrogens (tertiary/aromatic N) is 1. The fourth-order valence-electron chi connectivity index (χ4n) is 2.28. The Kier molecular flexibility index (Phi) is 5.73. The number of hydrogen-bond donors (Lipinski definition) is 1. The Morgan fingerprint density at radius 3 is 2.52 bits per heavy atom. The van der Waals surface area contributed by atoms with E-state index in [0.717, 1.165) is 11.3 Å². The average Bonchev–Trinajstić information content (AvgIpc) is 2.90. The summed E-state index contributed by atoms with van der Waals surface area (Å²) < 4.78 is 10.0. The van der Waals surface area contributed by atoms with Gasteiger partial charge in [0.2, 0.25) is 5.91 Å². The Balaban J connectivity index is 2.37. The number of amides is 2. The van der Waals surface area contributed by atoms with Crippen molar-refractivity contribution in [2.75, 3.05) is 38.7 Å². The number of nitrogens with one attached hydrogen (secondary N) is 1. The predicted molar refractivity (Wildman–Crippen MR) is 86.0 cm³/mol. The van der Waals surface area contributed by atoms with Crippen molar-refractivity contribution >= 4 is 34.1 Å². The smallest absolute Gasteiger partial charge is 0.341 e. The van der Waals surface area contributed by atoms with Crippen LogP contribution >= 0.6 is 11.3 Å². The predicted octanol–water partition coefficient (Wildman–Crippen LogP) is 1.66. The van der Waals surface area contributed by atoms with Crippen LogP contribution in [-0.4, -0.2) is 56.1 Å². The number of ether oxygens (including phenoxy) is 2. The Morgan fingerprint density at radius 1 is 1.30 bits per heavy atom. The molecule has 1 aromatic rings. The van der Waals surface area contributed by atoms with Gasteiger partial charge < -0.3 is 19.7 Å². The molecule has 0 saturated carbocycles. The van der Waals surface area contributed by atoms with Crippen molar-refractivity contribution in [1.29, 1.82) is 0 Å². The molecular weight excluding hydrogens is 320 g/mol. The third-order valence-electron chi connectivity index (χ3n) is 3.60. The molecule has 0 spiro atoms. The van der Waals surface area contributed by atoms with Crippen LogP contribution in [0.1, 0.15) is 38.9 Å². The van der Waals surface area contributed by atoms with E-state index in [1.165, 1.54) is 7.11 Å². The van der Waals surface area contributed by atoms with E-state index in [-0.39, 0.29) is 23.8 Å². The first-order valence-corrected chi connectivity index (χ1v) is 8.19. The molecule has 1 N–H and O–H groups in total. The van der Waals surface area contributed by atoms with E-state index in [1.54, 1.807) is 18.7 Å². The summed E-state index contributed by atoms with van der Waals surface area (Å²) in [6, 6.07) is 0. The van der Waals surface area contributed by atoms with Gasteiger partial charge in [-0.3, -0.25) is 9.59 Å². The van der Waals surface area contributed by atoms with Gasteiger partial charge in [-0.15, -0.1) is 11.3 Å². The molecular formula is C15H20N2O5S. The summed E-state index contributed by atoms with van der Waals surface area (Å²) in [5.74, 6) is -0.939. The lowest BCUT2D eigenvalue weighted by Crippen LogP contribution is -2.40. The normalized spacial score (nSPS) is 14.5. The van der Waals surface area contributed by atoms with Crippen molar-refractivity contribution in [3.05, 3.63) is 16.0 Å². The molecule has 126 valence electrons. The number of morpholine rings is 1. The van der Waals surface area contributed by atoms with Crippen molar-refractivity contribution < 1.29 is 23.9 Å². The fourth-order valence-corrected chi connectivity index (χ4v) is 3.46. The molecule has 1 aliphatic rings. The van der Waals surface area contributed by atoms with Gasteiger partial charge in [0.15, 0.2) is 0 Å². The van der Waals surface area contributed by atoms with Crippen LogP contribution in [0.2, 0.25) is 0 Å². The Bertz CT molecular complexity index is 620. The second-order valence-electron chi connectivity index (χ2n) is 5.06. The van der Waals surface area contributed by atoms with Crippen LogP contribution in [0, 0.1) is 6.92 Å². The van der Waals surface area contributed by atoms with Gasteiger partial charge >= 0.3 is 5.97 Å². The van der Waals surface area contributed by atoms with Gasteiger partial charge in [-0.25, -0.2) is 4.79 Å². The zero-order valence-electron chi connectivity index (χ0n) is 13.4. The van der Waals surface area contributed by atoms with Crippen LogP contribution < -0.4 is 5.32 Å². The number of hydrogen-bond acceptors (Lipinski definition) is 6. The van der Waals surface area contributed by atoms with Crippen molar-refractivity contribution in [1.82, 2.24) is 4.90 Å². The highest BCUT2D eigenvalue weighted by atomic mass is 32.1. The van der Waals surface area contributed by atoms with Crippen molar-refractivity contribution in [2.24, 2.45) is 0 Å². The minimum absolute atomic E-state index is 0.155. The highest BCUT2D eigenvalue weighted by molar-refractivity contribution is 7.18. The number of esters is 1. The second kappa shape index (κ2) is 7.56. The maximum atomic E-state index is 12.7. The van der Waals surface area contributed by atoms with E-state index in [2.05, 4.69) is 5.32 Å². The summed E-state index contributed by atoms with van der Waals surface area (Å²) in [5, 5.41) is 3.04. The third-order valence-corrected chi connectivity index (χ3v) is 4.80. The van der Waals surface area contributed by atoms with Crippen LogP contribution in [0.15, 0.2) is 0 Å². The topological polar surface area (TPSA) is 84.9 Å². The molecule has 0 aliphatic carbocycles. The maximum absolute atomic E-state index is 12.7. The molecule has 0 radical (unpaired) electrons. The lowest BCUT2D eigenvalue weighted by atomic mass is 10.1. The molecule has 1 aliphatic heterocycles. The molecule has 0 unspecified atom stereocenters. The first-order chi connectivity index (χ1) is 11.0. The zero-order valence-corrected chi connectivity index (χ0v) is 14.2. The van der Waals surface area contributed by atoms with Crippen molar-refractivity contribution in [3.8, 4) is 0 Å². The molecule has 7 nitrogen and oxygen atoms in total. The molecule has 23 heavy (non-hydrogen) atoms. The van der Waals surface area contributed by atoms with Crippen LogP contribution in [0.25, 0.3) is 0 Å². The number of thiophene rings is 1. The molecule has 2 heterocycles. The minimum Gasteiger partial charge on any atom is -0.465 e. The number of anilines is 1. The van der Waals surface area contributed by atoms with Gasteiger partial charge in [-0.2, -0.15) is 0 Å². The number of methoxy groups -OCH3 is 1. The molecule has 0 aromatic carbocycles. The standard InChI is InChI=1S/C15H20N2O5S/c1-4-10(18)16-13-11(15(20)21-3)9(2)12(23-13)14(19)17-5-7-22-8-6-17/h4-8H2,1-3H3,(H,16,18). The van der Waals surface area contributed by atoms with E-state index >= 15 is 0 Å². The molecule has 0 bridgehead atoms. The quantitative estimate of drug-likeness (QED) is 0.843. The Morgan fingerprint density at radius 2 is 1.96 bits per heavy atom. The molecule has 1 fully saturated rings. The van der Waals surface area contributed by atoms with Crippen LogP contribution in [-0.2, 0) is 14.3 Å². The fraction of sp³-hybridized carbons (Fsp3) is 0.533. The number of rotatable bonds is 4. The zero-order chi connectivity index (χ0) is 17.0. The summed E-state index contributed by atoms with van der Waals surface area (Å²) in [4.78, 5) is 38.5. The van der Waals surface area contributed by atoms with Crippen molar-refractivity contribution in [3.63, 3.8) is 0 Å². The summed E-state index contributed by atoms with van der Waals surface area (Å²) in [7, 11) is 1.27. The average molecular weight is 340 g/mol. The molecule has 1 saturated heterocycles. The van der Waals surface area contributed by atoms with Crippen LogP contribution in [0.4, 0.5) is 5.00 Å². The summed E-state index contributed by atoms with van der Waals surface area (Å²) in [5.41, 5.74) is 0.778. The highest BCUT2D eigenvalue weighted by Gasteiger charge is 2.29. The number of carbonyl (C=O) groups excluding carboxylic acids is 3. The lowest BCUT2D eigenvalue weighted by Gasteiger charge is -2.26. The maximum Gasteiger partial charge on any atom is 0.341 e. The van der Waals surface area contributed by atoms with Gasteiger partial charge in [0, 0.05) is 19.5 Å². The summed E-state index contributed by atoms with van der Waals surface area (Å²) >= 11 is 1.11. The highest BCUT2D eigenvalue weighted by Crippen LogP contribution is 2.34. The van der Waals surface area contributed by atoms with Gasteiger partial charge in [0.05, 0.1) is 30.8 Å². The molecule has 2 amide bonds. The van der Waals surface area contributed by atoms with E-state index in [0.29, 0.717) is 41.7 Å². The van der Waals surface area contributed by atoms with E-state index in [1.807, 2.05) is 0 Å². The van der Waals surface area contributed by atoms with Gasteiger partial charge in [0.25, 0.3) is 5.91 Å². The Hall–Kier alpha value is -1.93. The lowest BCUT2D eigenvalue weighted by molar-refractivity contribution is -0.115. The first kappa shape index (κ1) is 17.4. The number of carbonyl (C=O) groups is 3.